The molecular formula is C11H12N2O7S. The predicted molar refractivity (Wildman–Crippen MR) is 67.9 cm³/mol. The fraction of sp³-hybridized carbons (Fsp3) is 0.273. The summed E-state index contributed by atoms with van der Waals surface area (Å²) in [4.78, 5) is 27.5. The van der Waals surface area contributed by atoms with Crippen molar-refractivity contribution < 1.29 is 32.1 Å². The molecule has 1 heterocycles. The summed E-state index contributed by atoms with van der Waals surface area (Å²) >= 11 is 0. The summed E-state index contributed by atoms with van der Waals surface area (Å²) in [6.45, 7) is -0.421. The van der Waals surface area contributed by atoms with Gasteiger partial charge in [0, 0.05) is 0 Å². The van der Waals surface area contributed by atoms with Gasteiger partial charge in [-0.15, -0.1) is 0 Å². The van der Waals surface area contributed by atoms with Crippen molar-refractivity contribution in [1.29, 1.82) is 0 Å². The standard InChI is InChI=1S/C11H12N2O7S/c14-10-9(7-20-13(10)21(16,17)18)12-11(15)19-6-8-4-2-1-3-5-8/h1-5,9H,6-7H2,(H,12,15)(H,16,17,18)/t9-/m0/s1. The van der Waals surface area contributed by atoms with Gasteiger partial charge in [-0.25, -0.2) is 4.79 Å². The SMILES string of the molecule is O=C(N[C@H]1CON(S(=O)(=O)O)C1=O)OCc1ccccc1. The molecule has 1 aromatic rings. The van der Waals surface area contributed by atoms with E-state index < -0.39 is 35.0 Å². The second-order valence-electron chi connectivity index (χ2n) is 4.10. The van der Waals surface area contributed by atoms with Gasteiger partial charge >= 0.3 is 16.4 Å². The number of amides is 2. The largest absolute Gasteiger partial charge is 0.445 e. The summed E-state index contributed by atoms with van der Waals surface area (Å²) < 4.78 is 34.9. The van der Waals surface area contributed by atoms with E-state index in [1.807, 2.05) is 6.07 Å². The smallest absolute Gasteiger partial charge is 0.408 e. The van der Waals surface area contributed by atoms with Crippen molar-refractivity contribution in [2.45, 2.75) is 12.6 Å². The number of ether oxygens (including phenoxy) is 1. The molecule has 0 unspecified atom stereocenters. The van der Waals surface area contributed by atoms with Gasteiger partial charge in [0.15, 0.2) is 0 Å². The maximum atomic E-state index is 11.6. The van der Waals surface area contributed by atoms with Gasteiger partial charge in [-0.05, 0) is 5.56 Å². The Morgan fingerprint density at radius 2 is 2.10 bits per heavy atom. The van der Waals surface area contributed by atoms with Gasteiger partial charge in [-0.3, -0.25) is 14.2 Å². The van der Waals surface area contributed by atoms with Crippen molar-refractivity contribution in [3.05, 3.63) is 35.9 Å². The highest BCUT2D eigenvalue weighted by molar-refractivity contribution is 7.83. The van der Waals surface area contributed by atoms with E-state index in [1.165, 1.54) is 0 Å². The first-order valence-corrected chi connectivity index (χ1v) is 7.19. The van der Waals surface area contributed by atoms with Crippen molar-refractivity contribution in [3.63, 3.8) is 0 Å². The van der Waals surface area contributed by atoms with Crippen LogP contribution < -0.4 is 5.32 Å². The molecule has 1 atom stereocenters. The molecule has 1 aliphatic heterocycles. The lowest BCUT2D eigenvalue weighted by Gasteiger charge is -2.11. The van der Waals surface area contributed by atoms with Gasteiger partial charge in [0.05, 0.1) is 0 Å². The summed E-state index contributed by atoms with van der Waals surface area (Å²) in [7, 11) is -4.81. The third-order valence-electron chi connectivity index (χ3n) is 2.55. The summed E-state index contributed by atoms with van der Waals surface area (Å²) in [5, 5.41) is 2.15. The van der Waals surface area contributed by atoms with Gasteiger partial charge in [0.1, 0.15) is 19.3 Å². The van der Waals surface area contributed by atoms with Crippen LogP contribution in [0.25, 0.3) is 0 Å². The van der Waals surface area contributed by atoms with Gasteiger partial charge in [0.2, 0.25) is 0 Å². The van der Waals surface area contributed by atoms with Crippen LogP contribution in [-0.4, -0.2) is 42.1 Å². The van der Waals surface area contributed by atoms with E-state index in [0.29, 0.717) is 0 Å². The van der Waals surface area contributed by atoms with E-state index in [-0.39, 0.29) is 11.1 Å². The van der Waals surface area contributed by atoms with E-state index in [0.717, 1.165) is 5.56 Å². The Bertz CT molecular complexity index is 631. The monoisotopic (exact) mass is 316 g/mol. The summed E-state index contributed by atoms with van der Waals surface area (Å²) in [5.74, 6) is -1.10. The number of nitrogens with one attached hydrogen (secondary N) is 1. The molecule has 2 amide bonds. The molecule has 0 radical (unpaired) electrons. The molecule has 0 aliphatic carbocycles. The Balaban J connectivity index is 1.85. The van der Waals surface area contributed by atoms with Crippen LogP contribution in [0.2, 0.25) is 0 Å². The lowest BCUT2D eigenvalue weighted by atomic mass is 10.2. The normalized spacial score (nSPS) is 18.6. The van der Waals surface area contributed by atoms with Crippen LogP contribution >= 0.6 is 0 Å². The molecule has 1 saturated heterocycles. The predicted octanol–water partition coefficient (Wildman–Crippen LogP) is -0.142. The van der Waals surface area contributed by atoms with E-state index in [4.69, 9.17) is 9.29 Å². The number of benzene rings is 1. The molecule has 114 valence electrons. The van der Waals surface area contributed by atoms with E-state index in [9.17, 15) is 18.0 Å². The van der Waals surface area contributed by atoms with Gasteiger partial charge < -0.3 is 10.1 Å². The van der Waals surface area contributed by atoms with Crippen LogP contribution in [0.1, 0.15) is 5.56 Å². The van der Waals surface area contributed by atoms with Crippen molar-refractivity contribution >= 4 is 22.3 Å². The number of carbonyl (C=O) groups excluding carboxylic acids is 2. The molecule has 2 rings (SSSR count). The first-order valence-electron chi connectivity index (χ1n) is 5.79. The Kier molecular flexibility index (Phi) is 4.40. The van der Waals surface area contributed by atoms with Gasteiger partial charge in [0.25, 0.3) is 5.91 Å². The molecule has 1 fully saturated rings. The number of alkyl carbamates (subject to hydrolysis) is 1. The first kappa shape index (κ1) is 15.2. The van der Waals surface area contributed by atoms with Crippen LogP contribution in [0.5, 0.6) is 0 Å². The third kappa shape index (κ3) is 3.90. The van der Waals surface area contributed by atoms with Crippen LogP contribution in [0, 0.1) is 0 Å². The first-order chi connectivity index (χ1) is 9.88. The zero-order chi connectivity index (χ0) is 15.5. The maximum Gasteiger partial charge on any atom is 0.408 e. The second kappa shape index (κ2) is 6.08. The maximum absolute atomic E-state index is 11.6. The minimum absolute atomic E-state index is 0.00352. The molecule has 0 spiro atoms. The molecule has 0 bridgehead atoms. The van der Waals surface area contributed by atoms with Crippen LogP contribution in [0.4, 0.5) is 4.79 Å². The number of rotatable bonds is 4. The van der Waals surface area contributed by atoms with Crippen LogP contribution in [-0.2, 0) is 31.3 Å². The lowest BCUT2D eigenvalue weighted by Crippen LogP contribution is -2.43. The average Bonchev–Trinajstić information content (AvgIpc) is 2.79. The minimum atomic E-state index is -4.81. The summed E-state index contributed by atoms with van der Waals surface area (Å²) in [6, 6.07) is 7.61. The van der Waals surface area contributed by atoms with E-state index in [1.54, 1.807) is 24.3 Å². The van der Waals surface area contributed by atoms with Gasteiger partial charge in [-0.1, -0.05) is 34.8 Å². The lowest BCUT2D eigenvalue weighted by molar-refractivity contribution is -0.141. The highest BCUT2D eigenvalue weighted by atomic mass is 32.2. The topological polar surface area (TPSA) is 122 Å². The summed E-state index contributed by atoms with van der Waals surface area (Å²) in [5.41, 5.74) is 0.751. The van der Waals surface area contributed by atoms with Crippen molar-refractivity contribution in [2.75, 3.05) is 6.61 Å². The number of nitrogens with zero attached hydrogens (tertiary/aromatic N) is 1. The quantitative estimate of drug-likeness (QED) is 0.741. The van der Waals surface area contributed by atoms with Crippen molar-refractivity contribution in [2.24, 2.45) is 0 Å². The highest BCUT2D eigenvalue weighted by Crippen LogP contribution is 2.12. The number of hydroxylamine groups is 1. The molecule has 21 heavy (non-hydrogen) atoms. The molecule has 10 heteroatoms. The molecule has 0 saturated carbocycles. The minimum Gasteiger partial charge on any atom is -0.445 e. The van der Waals surface area contributed by atoms with E-state index in [2.05, 4.69) is 10.2 Å². The third-order valence-corrected chi connectivity index (χ3v) is 3.26. The molecular weight excluding hydrogens is 304 g/mol. The molecule has 0 aromatic heterocycles. The zero-order valence-corrected chi connectivity index (χ0v) is 11.4. The Labute approximate surface area is 120 Å². The highest BCUT2D eigenvalue weighted by Gasteiger charge is 2.41. The average molecular weight is 316 g/mol. The molecule has 1 aromatic carbocycles. The Hall–Kier alpha value is -2.17. The van der Waals surface area contributed by atoms with Gasteiger partial charge in [-0.2, -0.15) is 8.42 Å². The fourth-order valence-corrected chi connectivity index (χ4v) is 2.14. The van der Waals surface area contributed by atoms with Crippen molar-refractivity contribution in [3.8, 4) is 0 Å². The number of hydrogen-bond donors (Lipinski definition) is 2. The van der Waals surface area contributed by atoms with Crippen LogP contribution in [0.15, 0.2) is 30.3 Å². The van der Waals surface area contributed by atoms with Crippen LogP contribution in [0.3, 0.4) is 0 Å². The Morgan fingerprint density at radius 1 is 1.43 bits per heavy atom. The van der Waals surface area contributed by atoms with E-state index >= 15 is 0 Å². The summed E-state index contributed by atoms with van der Waals surface area (Å²) in [6.07, 6.45) is -0.905. The fourth-order valence-electron chi connectivity index (χ4n) is 1.60. The number of carbonyl (C=O) groups is 2. The second-order valence-corrected chi connectivity index (χ2v) is 5.32. The zero-order valence-electron chi connectivity index (χ0n) is 10.6. The molecule has 9 nitrogen and oxygen atoms in total. The molecule has 1 aliphatic rings. The number of hydrogen-bond acceptors (Lipinski definition) is 6. The molecule has 2 N–H and O–H groups in total. The van der Waals surface area contributed by atoms with Crippen molar-refractivity contribution in [1.82, 2.24) is 9.79 Å². The Morgan fingerprint density at radius 3 is 2.67 bits per heavy atom.